The number of anilines is 1. The first-order chi connectivity index (χ1) is 11.5. The smallest absolute Gasteiger partial charge is 0.264 e. The second-order valence-electron chi connectivity index (χ2n) is 4.55. The summed E-state index contributed by atoms with van der Waals surface area (Å²) in [5, 5.41) is 5.88. The first kappa shape index (κ1) is 17.5. The van der Waals surface area contributed by atoms with Crippen molar-refractivity contribution < 1.29 is 9.53 Å². The zero-order valence-corrected chi connectivity index (χ0v) is 15.8. The van der Waals surface area contributed by atoms with Gasteiger partial charge in [-0.2, -0.15) is 0 Å². The van der Waals surface area contributed by atoms with E-state index in [-0.39, 0.29) is 12.5 Å². The molecular weight excluding hydrogens is 411 g/mol. The second kappa shape index (κ2) is 7.72. The Labute approximate surface area is 161 Å². The summed E-state index contributed by atoms with van der Waals surface area (Å²) in [6.07, 6.45) is 0. The minimum absolute atomic E-state index is 0.179. The number of nitrogens with zero attached hydrogens (tertiary/aromatic N) is 1. The Morgan fingerprint density at radius 2 is 2.04 bits per heavy atom. The van der Waals surface area contributed by atoms with E-state index in [4.69, 9.17) is 39.5 Å². The van der Waals surface area contributed by atoms with Gasteiger partial charge in [0.05, 0.1) is 19.9 Å². The molecule has 0 saturated carbocycles. The summed E-state index contributed by atoms with van der Waals surface area (Å²) in [6, 6.07) is 8.50. The summed E-state index contributed by atoms with van der Waals surface area (Å²) >= 11 is 20.5. The molecule has 0 saturated heterocycles. The SMILES string of the molecule is O=C(COc1ccc(Cl)cc1Cl)Nc1nc(-c2ccc(Cl)s2)cs1. The number of carbonyl (C=O) groups is 1. The number of aromatic nitrogens is 1. The Balaban J connectivity index is 1.58. The molecule has 3 rings (SSSR count). The van der Waals surface area contributed by atoms with Crippen molar-refractivity contribution in [2.45, 2.75) is 0 Å². The molecule has 2 aromatic heterocycles. The first-order valence-electron chi connectivity index (χ1n) is 6.60. The molecule has 1 aromatic carbocycles. The summed E-state index contributed by atoms with van der Waals surface area (Å²) in [7, 11) is 0. The van der Waals surface area contributed by atoms with Crippen LogP contribution in [0.2, 0.25) is 14.4 Å². The predicted octanol–water partition coefficient (Wildman–Crippen LogP) is 5.85. The van der Waals surface area contributed by atoms with Crippen LogP contribution in [0.5, 0.6) is 5.75 Å². The van der Waals surface area contributed by atoms with E-state index in [1.807, 2.05) is 17.5 Å². The number of hydrogen-bond acceptors (Lipinski definition) is 5. The van der Waals surface area contributed by atoms with Crippen LogP contribution in [-0.2, 0) is 4.79 Å². The lowest BCUT2D eigenvalue weighted by Gasteiger charge is -2.07. The second-order valence-corrected chi connectivity index (χ2v) is 7.97. The van der Waals surface area contributed by atoms with E-state index in [1.165, 1.54) is 22.7 Å². The fourth-order valence-electron chi connectivity index (χ4n) is 1.79. The number of halogens is 3. The van der Waals surface area contributed by atoms with Crippen LogP contribution in [-0.4, -0.2) is 17.5 Å². The van der Waals surface area contributed by atoms with Gasteiger partial charge in [0, 0.05) is 10.4 Å². The normalized spacial score (nSPS) is 10.6. The van der Waals surface area contributed by atoms with Crippen LogP contribution in [0.25, 0.3) is 10.6 Å². The van der Waals surface area contributed by atoms with Crippen LogP contribution < -0.4 is 10.1 Å². The summed E-state index contributed by atoms with van der Waals surface area (Å²) < 4.78 is 6.07. The van der Waals surface area contributed by atoms with Crippen LogP contribution in [0, 0.1) is 0 Å². The number of nitrogens with one attached hydrogen (secondary N) is 1. The molecule has 0 bridgehead atoms. The molecule has 24 heavy (non-hydrogen) atoms. The number of thiophene rings is 1. The molecule has 9 heteroatoms. The molecule has 1 N–H and O–H groups in total. The molecule has 0 aliphatic heterocycles. The molecule has 0 atom stereocenters. The van der Waals surface area contributed by atoms with Crippen LogP contribution in [0.15, 0.2) is 35.7 Å². The Hall–Kier alpha value is -1.31. The number of ether oxygens (including phenoxy) is 1. The monoisotopic (exact) mass is 418 g/mol. The van der Waals surface area contributed by atoms with E-state index in [1.54, 1.807) is 18.2 Å². The van der Waals surface area contributed by atoms with E-state index < -0.39 is 0 Å². The Morgan fingerprint density at radius 3 is 2.75 bits per heavy atom. The van der Waals surface area contributed by atoms with E-state index in [9.17, 15) is 4.79 Å². The van der Waals surface area contributed by atoms with Gasteiger partial charge in [0.2, 0.25) is 0 Å². The lowest BCUT2D eigenvalue weighted by atomic mass is 10.3. The molecule has 1 amide bonds. The minimum Gasteiger partial charge on any atom is -0.482 e. The lowest BCUT2D eigenvalue weighted by molar-refractivity contribution is -0.118. The molecule has 0 fully saturated rings. The largest absolute Gasteiger partial charge is 0.482 e. The average molecular weight is 420 g/mol. The maximum Gasteiger partial charge on any atom is 0.264 e. The van der Waals surface area contributed by atoms with Gasteiger partial charge in [-0.05, 0) is 30.3 Å². The van der Waals surface area contributed by atoms with Gasteiger partial charge in [-0.3, -0.25) is 10.1 Å². The highest BCUT2D eigenvalue weighted by molar-refractivity contribution is 7.20. The molecular formula is C15H9Cl3N2O2S2. The molecule has 2 heterocycles. The molecule has 0 spiro atoms. The van der Waals surface area contributed by atoms with Crippen molar-refractivity contribution in [1.29, 1.82) is 0 Å². The van der Waals surface area contributed by atoms with Gasteiger partial charge in [0.15, 0.2) is 11.7 Å². The zero-order valence-electron chi connectivity index (χ0n) is 11.9. The van der Waals surface area contributed by atoms with Crippen molar-refractivity contribution in [2.24, 2.45) is 0 Å². The van der Waals surface area contributed by atoms with Gasteiger partial charge in [0.25, 0.3) is 5.91 Å². The molecule has 0 aliphatic rings. The van der Waals surface area contributed by atoms with Crippen molar-refractivity contribution >= 4 is 68.5 Å². The fourth-order valence-corrected chi connectivity index (χ4v) is 4.06. The minimum atomic E-state index is -0.328. The number of rotatable bonds is 5. The molecule has 4 nitrogen and oxygen atoms in total. The number of amides is 1. The molecule has 0 unspecified atom stereocenters. The summed E-state index contributed by atoms with van der Waals surface area (Å²) in [6.45, 7) is -0.179. The predicted molar refractivity (Wildman–Crippen MR) is 101 cm³/mol. The van der Waals surface area contributed by atoms with Gasteiger partial charge < -0.3 is 4.74 Å². The maximum atomic E-state index is 12.0. The number of hydrogen-bond donors (Lipinski definition) is 1. The maximum absolute atomic E-state index is 12.0. The number of carbonyl (C=O) groups excluding carboxylic acids is 1. The Kier molecular flexibility index (Phi) is 5.63. The lowest BCUT2D eigenvalue weighted by Crippen LogP contribution is -2.20. The fraction of sp³-hybridized carbons (Fsp3) is 0.0667. The van der Waals surface area contributed by atoms with Crippen molar-refractivity contribution in [3.63, 3.8) is 0 Å². The third kappa shape index (κ3) is 4.40. The van der Waals surface area contributed by atoms with Crippen LogP contribution in [0.4, 0.5) is 5.13 Å². The van der Waals surface area contributed by atoms with Crippen molar-refractivity contribution in [2.75, 3.05) is 11.9 Å². The van der Waals surface area contributed by atoms with Gasteiger partial charge in [-0.1, -0.05) is 34.8 Å². The third-order valence-electron chi connectivity index (χ3n) is 2.83. The first-order valence-corrected chi connectivity index (χ1v) is 9.43. The third-order valence-corrected chi connectivity index (χ3v) is 5.37. The zero-order chi connectivity index (χ0) is 17.1. The summed E-state index contributed by atoms with van der Waals surface area (Å²) in [5.41, 5.74) is 0.772. The molecule has 0 radical (unpaired) electrons. The van der Waals surface area contributed by atoms with Crippen molar-refractivity contribution in [3.8, 4) is 16.3 Å². The van der Waals surface area contributed by atoms with E-state index >= 15 is 0 Å². The Morgan fingerprint density at radius 1 is 1.21 bits per heavy atom. The Bertz CT molecular complexity index is 879. The van der Waals surface area contributed by atoms with Gasteiger partial charge in [-0.25, -0.2) is 4.98 Å². The van der Waals surface area contributed by atoms with Gasteiger partial charge in [-0.15, -0.1) is 22.7 Å². The van der Waals surface area contributed by atoms with E-state index in [2.05, 4.69) is 10.3 Å². The van der Waals surface area contributed by atoms with E-state index in [0.29, 0.717) is 25.3 Å². The summed E-state index contributed by atoms with van der Waals surface area (Å²) in [5.74, 6) is 0.0652. The average Bonchev–Trinajstić information content (AvgIpc) is 3.15. The highest BCUT2D eigenvalue weighted by Crippen LogP contribution is 2.33. The summed E-state index contributed by atoms with van der Waals surface area (Å²) in [4.78, 5) is 17.3. The van der Waals surface area contributed by atoms with Crippen LogP contribution in [0.3, 0.4) is 0 Å². The van der Waals surface area contributed by atoms with E-state index in [0.717, 1.165) is 10.6 Å². The molecule has 0 aliphatic carbocycles. The van der Waals surface area contributed by atoms with Gasteiger partial charge >= 0.3 is 0 Å². The van der Waals surface area contributed by atoms with Gasteiger partial charge in [0.1, 0.15) is 5.75 Å². The topological polar surface area (TPSA) is 51.2 Å². The molecule has 3 aromatic rings. The number of thiazole rings is 1. The standard InChI is InChI=1S/C15H9Cl3N2O2S2/c16-8-1-2-11(9(17)5-8)22-6-14(21)20-15-19-10(7-23-15)12-3-4-13(18)24-12/h1-5,7H,6H2,(H,19,20,21). The molecule has 124 valence electrons. The highest BCUT2D eigenvalue weighted by Gasteiger charge is 2.11. The van der Waals surface area contributed by atoms with Crippen molar-refractivity contribution in [1.82, 2.24) is 4.98 Å². The highest BCUT2D eigenvalue weighted by atomic mass is 35.5. The quantitative estimate of drug-likeness (QED) is 0.564. The number of benzene rings is 1. The van der Waals surface area contributed by atoms with Crippen LogP contribution in [0.1, 0.15) is 0 Å². The van der Waals surface area contributed by atoms with Crippen LogP contribution >= 0.6 is 57.5 Å². The van der Waals surface area contributed by atoms with Crippen molar-refractivity contribution in [3.05, 3.63) is 50.1 Å².